The van der Waals surface area contributed by atoms with Crippen LogP contribution < -0.4 is 0 Å². The highest BCUT2D eigenvalue weighted by Gasteiger charge is 2.37. The summed E-state index contributed by atoms with van der Waals surface area (Å²) in [5.74, 6) is -0.522. The van der Waals surface area contributed by atoms with Crippen LogP contribution >= 0.6 is 12.6 Å². The Morgan fingerprint density at radius 1 is 1.42 bits per heavy atom. The number of nitrogens with zero attached hydrogens (tertiary/aromatic N) is 1. The van der Waals surface area contributed by atoms with Gasteiger partial charge in [0.2, 0.25) is 5.91 Å². The van der Waals surface area contributed by atoms with Gasteiger partial charge in [-0.3, -0.25) is 4.79 Å². The maximum atomic E-state index is 11.9. The number of carbonyl (C=O) groups excluding carboxylic acids is 1. The molecular formula is C13H15NO4S. The molecule has 1 aromatic carbocycles. The average Bonchev–Trinajstić information content (AvgIpc) is 2.73. The molecule has 0 saturated carbocycles. The number of carboxylic acid groups (broad SMARTS) is 1. The van der Waals surface area contributed by atoms with Crippen molar-refractivity contribution in [1.29, 1.82) is 0 Å². The van der Waals surface area contributed by atoms with Gasteiger partial charge in [0.05, 0.1) is 0 Å². The van der Waals surface area contributed by atoms with E-state index in [1.165, 1.54) is 29.2 Å². The molecule has 0 aliphatic carbocycles. The third-order valence-corrected chi connectivity index (χ3v) is 3.77. The van der Waals surface area contributed by atoms with Crippen LogP contribution in [0.5, 0.6) is 5.75 Å². The van der Waals surface area contributed by atoms with Crippen LogP contribution in [0.2, 0.25) is 0 Å². The molecule has 1 saturated heterocycles. The fraction of sp³-hybridized carbons (Fsp3) is 0.385. The summed E-state index contributed by atoms with van der Waals surface area (Å²) in [6.07, 6.45) is 0.339. The molecule has 0 aromatic heterocycles. The van der Waals surface area contributed by atoms with Gasteiger partial charge in [-0.25, -0.2) is 4.79 Å². The van der Waals surface area contributed by atoms with E-state index in [0.29, 0.717) is 24.3 Å². The smallest absolute Gasteiger partial charge is 0.331 e. The average molecular weight is 281 g/mol. The molecular weight excluding hydrogens is 266 g/mol. The van der Waals surface area contributed by atoms with Gasteiger partial charge >= 0.3 is 5.97 Å². The molecule has 6 heteroatoms. The Balaban J connectivity index is 2.28. The minimum atomic E-state index is -1.07. The van der Waals surface area contributed by atoms with E-state index in [1.54, 1.807) is 0 Å². The van der Waals surface area contributed by atoms with Crippen molar-refractivity contribution in [3.63, 3.8) is 0 Å². The Bertz CT molecular complexity index is 488. The van der Waals surface area contributed by atoms with Gasteiger partial charge in [0, 0.05) is 13.0 Å². The topological polar surface area (TPSA) is 77.8 Å². The number of aromatic hydroxyl groups is 1. The van der Waals surface area contributed by atoms with Crippen molar-refractivity contribution in [2.45, 2.75) is 12.5 Å². The van der Waals surface area contributed by atoms with Gasteiger partial charge in [0.15, 0.2) is 6.04 Å². The molecule has 1 unspecified atom stereocenters. The predicted molar refractivity (Wildman–Crippen MR) is 72.2 cm³/mol. The number of thiol groups is 1. The van der Waals surface area contributed by atoms with Crippen molar-refractivity contribution in [3.05, 3.63) is 29.8 Å². The Morgan fingerprint density at radius 2 is 2.05 bits per heavy atom. The monoisotopic (exact) mass is 281 g/mol. The van der Waals surface area contributed by atoms with Gasteiger partial charge in [-0.1, -0.05) is 12.1 Å². The van der Waals surface area contributed by atoms with Gasteiger partial charge in [-0.15, -0.1) is 0 Å². The summed E-state index contributed by atoms with van der Waals surface area (Å²) in [6.45, 7) is 0.403. The number of likely N-dealkylation sites (tertiary alicyclic amines) is 1. The Kier molecular flexibility index (Phi) is 3.99. The maximum Gasteiger partial charge on any atom is 0.331 e. The van der Waals surface area contributed by atoms with Crippen LogP contribution in [0.25, 0.3) is 0 Å². The minimum Gasteiger partial charge on any atom is -0.508 e. The van der Waals surface area contributed by atoms with E-state index in [1.807, 2.05) is 0 Å². The molecule has 1 aliphatic rings. The number of carboxylic acids is 1. The molecule has 2 N–H and O–H groups in total. The van der Waals surface area contributed by atoms with Crippen LogP contribution in [-0.2, 0) is 9.59 Å². The summed E-state index contributed by atoms with van der Waals surface area (Å²) in [6, 6.07) is 4.88. The second-order valence-electron chi connectivity index (χ2n) is 4.63. The normalized spacial score (nSPS) is 20.6. The third kappa shape index (κ3) is 2.84. The van der Waals surface area contributed by atoms with Crippen LogP contribution in [0, 0.1) is 5.92 Å². The molecule has 1 amide bonds. The Hall–Kier alpha value is -1.69. The number of amides is 1. The zero-order valence-corrected chi connectivity index (χ0v) is 11.1. The van der Waals surface area contributed by atoms with E-state index in [0.717, 1.165) is 0 Å². The highest BCUT2D eigenvalue weighted by atomic mass is 32.1. The van der Waals surface area contributed by atoms with Crippen molar-refractivity contribution >= 4 is 24.5 Å². The summed E-state index contributed by atoms with van der Waals surface area (Å²) in [7, 11) is 0. The van der Waals surface area contributed by atoms with E-state index in [2.05, 4.69) is 12.6 Å². The van der Waals surface area contributed by atoms with Gasteiger partial charge < -0.3 is 15.1 Å². The fourth-order valence-electron chi connectivity index (χ4n) is 2.29. The molecule has 0 bridgehead atoms. The first-order chi connectivity index (χ1) is 9.02. The highest BCUT2D eigenvalue weighted by molar-refractivity contribution is 7.80. The van der Waals surface area contributed by atoms with Crippen molar-refractivity contribution in [2.75, 3.05) is 12.3 Å². The Morgan fingerprint density at radius 3 is 2.53 bits per heavy atom. The number of phenols is 1. The zero-order valence-electron chi connectivity index (χ0n) is 10.2. The van der Waals surface area contributed by atoms with E-state index < -0.39 is 12.0 Å². The minimum absolute atomic E-state index is 0.0638. The summed E-state index contributed by atoms with van der Waals surface area (Å²) in [5.41, 5.74) is 0.485. The predicted octanol–water partition coefficient (Wildman–Crippen LogP) is 1.30. The summed E-state index contributed by atoms with van der Waals surface area (Å²) < 4.78 is 0. The molecule has 2 atom stereocenters. The molecule has 5 nitrogen and oxygen atoms in total. The number of carbonyl (C=O) groups is 2. The van der Waals surface area contributed by atoms with Crippen LogP contribution in [0.3, 0.4) is 0 Å². The van der Waals surface area contributed by atoms with Crippen molar-refractivity contribution in [3.8, 4) is 5.75 Å². The lowest BCUT2D eigenvalue weighted by molar-refractivity contribution is -0.148. The lowest BCUT2D eigenvalue weighted by Crippen LogP contribution is -2.35. The van der Waals surface area contributed by atoms with Crippen LogP contribution in [-0.4, -0.2) is 39.3 Å². The SMILES string of the molecule is O=C(O)[C@@H](c1ccc(O)cc1)N1CC(CS)CC1=O. The first kappa shape index (κ1) is 13.7. The van der Waals surface area contributed by atoms with Crippen molar-refractivity contribution < 1.29 is 19.8 Å². The standard InChI is InChI=1S/C13H15NO4S/c15-10-3-1-9(2-4-10)12(13(17)18)14-6-8(7-19)5-11(14)16/h1-4,8,12,15,19H,5-7H2,(H,17,18)/t8?,12-/m1/s1. The largest absolute Gasteiger partial charge is 0.508 e. The summed E-state index contributed by atoms with van der Waals surface area (Å²) in [4.78, 5) is 24.7. The van der Waals surface area contributed by atoms with Crippen LogP contribution in [0.1, 0.15) is 18.0 Å². The summed E-state index contributed by atoms with van der Waals surface area (Å²) >= 11 is 4.16. The van der Waals surface area contributed by atoms with E-state index in [9.17, 15) is 19.8 Å². The number of benzene rings is 1. The third-order valence-electron chi connectivity index (χ3n) is 3.25. The highest BCUT2D eigenvalue weighted by Crippen LogP contribution is 2.30. The molecule has 0 radical (unpaired) electrons. The van der Waals surface area contributed by atoms with Crippen molar-refractivity contribution in [2.24, 2.45) is 5.92 Å². The second-order valence-corrected chi connectivity index (χ2v) is 5.00. The van der Waals surface area contributed by atoms with E-state index >= 15 is 0 Å². The molecule has 0 spiro atoms. The first-order valence-corrected chi connectivity index (χ1v) is 6.58. The zero-order chi connectivity index (χ0) is 14.0. The molecule has 1 heterocycles. The van der Waals surface area contributed by atoms with Gasteiger partial charge in [0.25, 0.3) is 0 Å². The number of aliphatic carboxylic acids is 1. The molecule has 1 fully saturated rings. The summed E-state index contributed by atoms with van der Waals surface area (Å²) in [5, 5.41) is 18.6. The molecule has 19 heavy (non-hydrogen) atoms. The number of phenolic OH excluding ortho intramolecular Hbond substituents is 1. The molecule has 2 rings (SSSR count). The number of hydrogen-bond acceptors (Lipinski definition) is 4. The van der Waals surface area contributed by atoms with E-state index in [4.69, 9.17) is 0 Å². The number of rotatable bonds is 4. The van der Waals surface area contributed by atoms with Gasteiger partial charge in [-0.2, -0.15) is 12.6 Å². The van der Waals surface area contributed by atoms with Gasteiger partial charge in [-0.05, 0) is 29.4 Å². The van der Waals surface area contributed by atoms with Crippen LogP contribution in [0.4, 0.5) is 0 Å². The first-order valence-electron chi connectivity index (χ1n) is 5.95. The lowest BCUT2D eigenvalue weighted by atomic mass is 10.1. The second kappa shape index (κ2) is 5.52. The fourth-order valence-corrected chi connectivity index (χ4v) is 2.54. The van der Waals surface area contributed by atoms with Crippen molar-refractivity contribution in [1.82, 2.24) is 4.90 Å². The maximum absolute atomic E-state index is 11.9. The van der Waals surface area contributed by atoms with Gasteiger partial charge in [0.1, 0.15) is 5.75 Å². The van der Waals surface area contributed by atoms with E-state index in [-0.39, 0.29) is 17.6 Å². The molecule has 102 valence electrons. The molecule has 1 aromatic rings. The van der Waals surface area contributed by atoms with Crippen LogP contribution in [0.15, 0.2) is 24.3 Å². The Labute approximate surface area is 116 Å². The quantitative estimate of drug-likeness (QED) is 0.727. The lowest BCUT2D eigenvalue weighted by Gasteiger charge is -2.25. The molecule has 1 aliphatic heterocycles. The number of hydrogen-bond donors (Lipinski definition) is 3.